The van der Waals surface area contributed by atoms with Crippen molar-refractivity contribution >= 4 is 23.1 Å². The summed E-state index contributed by atoms with van der Waals surface area (Å²) in [6.45, 7) is 9.11. The second-order valence-electron chi connectivity index (χ2n) is 7.25. The third-order valence-corrected chi connectivity index (χ3v) is 3.90. The zero-order valence-corrected chi connectivity index (χ0v) is 15.5. The number of morpholine rings is 1. The van der Waals surface area contributed by atoms with E-state index >= 15 is 0 Å². The zero-order chi connectivity index (χ0) is 18.6. The Morgan fingerprint density at radius 1 is 1.08 bits per heavy atom. The number of amides is 1. The average molecular weight is 355 g/mol. The van der Waals surface area contributed by atoms with Crippen molar-refractivity contribution in [1.29, 1.82) is 0 Å². The van der Waals surface area contributed by atoms with Crippen LogP contribution in [-0.2, 0) is 4.74 Å². The quantitative estimate of drug-likeness (QED) is 0.878. The number of benzene rings is 1. The van der Waals surface area contributed by atoms with Crippen LogP contribution in [0.3, 0.4) is 0 Å². The van der Waals surface area contributed by atoms with E-state index in [0.29, 0.717) is 19.0 Å². The number of nitrogens with one attached hydrogen (secondary N) is 2. The molecule has 1 amide bonds. The first kappa shape index (κ1) is 18.1. The number of hydrogen-bond acceptors (Lipinski definition) is 6. The first-order chi connectivity index (χ1) is 12.4. The minimum Gasteiger partial charge on any atom is -0.378 e. The zero-order valence-electron chi connectivity index (χ0n) is 15.5. The van der Waals surface area contributed by atoms with Gasteiger partial charge in [0, 0.05) is 18.6 Å². The van der Waals surface area contributed by atoms with Gasteiger partial charge in [-0.15, -0.1) is 10.2 Å². The number of aromatic nitrogens is 2. The maximum atomic E-state index is 12.6. The number of hydrogen-bond donors (Lipinski definition) is 2. The van der Waals surface area contributed by atoms with Gasteiger partial charge in [-0.25, -0.2) is 0 Å². The average Bonchev–Trinajstić information content (AvgIpc) is 2.62. The lowest BCUT2D eigenvalue weighted by atomic mass is 10.1. The second-order valence-corrected chi connectivity index (χ2v) is 7.25. The van der Waals surface area contributed by atoms with Crippen LogP contribution in [0, 0.1) is 0 Å². The van der Waals surface area contributed by atoms with E-state index in [1.54, 1.807) is 12.1 Å². The second kappa shape index (κ2) is 7.70. The minimum atomic E-state index is -0.277. The number of anilines is 3. The predicted molar refractivity (Wildman–Crippen MR) is 103 cm³/mol. The van der Waals surface area contributed by atoms with Gasteiger partial charge >= 0.3 is 0 Å². The molecule has 7 heteroatoms. The van der Waals surface area contributed by atoms with E-state index in [-0.39, 0.29) is 17.1 Å². The van der Waals surface area contributed by atoms with Crippen molar-refractivity contribution in [2.75, 3.05) is 41.8 Å². The summed E-state index contributed by atoms with van der Waals surface area (Å²) in [6, 6.07) is 11.2. The number of carbonyl (C=O) groups is 1. The number of carbonyl (C=O) groups excluding carboxylic acids is 1. The summed E-state index contributed by atoms with van der Waals surface area (Å²) in [5, 5.41) is 14.3. The van der Waals surface area contributed by atoms with Crippen molar-refractivity contribution < 1.29 is 9.53 Å². The van der Waals surface area contributed by atoms with E-state index in [2.05, 4.69) is 25.7 Å². The Hall–Kier alpha value is -2.67. The van der Waals surface area contributed by atoms with E-state index in [9.17, 15) is 4.79 Å². The lowest BCUT2D eigenvalue weighted by Gasteiger charge is -2.30. The maximum Gasteiger partial charge on any atom is 0.276 e. The summed E-state index contributed by atoms with van der Waals surface area (Å²) in [5.74, 6) is 0.364. The van der Waals surface area contributed by atoms with Gasteiger partial charge in [0.15, 0.2) is 5.69 Å². The lowest BCUT2D eigenvalue weighted by Crippen LogP contribution is -2.36. The number of ether oxygens (including phenoxy) is 1. The maximum absolute atomic E-state index is 12.6. The molecule has 0 radical (unpaired) electrons. The Kier molecular flexibility index (Phi) is 5.37. The number of nitrogens with zero attached hydrogens (tertiary/aromatic N) is 3. The van der Waals surface area contributed by atoms with Crippen molar-refractivity contribution in [1.82, 2.24) is 10.2 Å². The number of para-hydroxylation sites is 2. The molecule has 0 atom stereocenters. The molecule has 2 heterocycles. The van der Waals surface area contributed by atoms with Gasteiger partial charge in [0.2, 0.25) is 0 Å². The Bertz CT molecular complexity index is 749. The highest BCUT2D eigenvalue weighted by Gasteiger charge is 2.17. The topological polar surface area (TPSA) is 79.4 Å². The molecule has 7 nitrogen and oxygen atoms in total. The smallest absolute Gasteiger partial charge is 0.276 e. The normalized spacial score (nSPS) is 14.8. The Morgan fingerprint density at radius 3 is 2.46 bits per heavy atom. The first-order valence-electron chi connectivity index (χ1n) is 8.77. The fraction of sp³-hybridized carbons (Fsp3) is 0.421. The summed E-state index contributed by atoms with van der Waals surface area (Å²) in [5.41, 5.74) is 1.91. The van der Waals surface area contributed by atoms with E-state index in [1.165, 1.54) is 0 Å². The van der Waals surface area contributed by atoms with E-state index in [0.717, 1.165) is 24.5 Å². The van der Waals surface area contributed by atoms with Crippen molar-refractivity contribution in [2.45, 2.75) is 26.3 Å². The monoisotopic (exact) mass is 355 g/mol. The third kappa shape index (κ3) is 4.70. The van der Waals surface area contributed by atoms with Crippen molar-refractivity contribution in [3.05, 3.63) is 42.1 Å². The van der Waals surface area contributed by atoms with Gasteiger partial charge in [-0.05, 0) is 45.0 Å². The SMILES string of the molecule is CC(C)(C)Nc1ccc(C(=O)Nc2ccccc2N2CCOCC2)nn1. The highest BCUT2D eigenvalue weighted by Crippen LogP contribution is 2.26. The molecule has 2 N–H and O–H groups in total. The van der Waals surface area contributed by atoms with Gasteiger partial charge in [-0.2, -0.15) is 0 Å². The van der Waals surface area contributed by atoms with Gasteiger partial charge in [0.05, 0.1) is 24.6 Å². The Balaban J connectivity index is 1.72. The highest BCUT2D eigenvalue weighted by atomic mass is 16.5. The first-order valence-corrected chi connectivity index (χ1v) is 8.77. The molecule has 1 aromatic heterocycles. The number of rotatable bonds is 4. The fourth-order valence-corrected chi connectivity index (χ4v) is 2.75. The van der Waals surface area contributed by atoms with E-state index < -0.39 is 0 Å². The molecule has 1 aliphatic rings. The van der Waals surface area contributed by atoms with Crippen LogP contribution in [-0.4, -0.2) is 47.9 Å². The van der Waals surface area contributed by atoms with E-state index in [1.807, 2.05) is 45.0 Å². The predicted octanol–water partition coefficient (Wildman–Crippen LogP) is 2.78. The molecule has 1 aromatic carbocycles. The summed E-state index contributed by atoms with van der Waals surface area (Å²) in [7, 11) is 0. The molecule has 26 heavy (non-hydrogen) atoms. The molecule has 0 bridgehead atoms. The molecular weight excluding hydrogens is 330 g/mol. The van der Waals surface area contributed by atoms with Crippen LogP contribution < -0.4 is 15.5 Å². The van der Waals surface area contributed by atoms with E-state index in [4.69, 9.17) is 4.74 Å². The van der Waals surface area contributed by atoms with Crippen molar-refractivity contribution in [3.8, 4) is 0 Å². The van der Waals surface area contributed by atoms with Crippen LogP contribution in [0.25, 0.3) is 0 Å². The third-order valence-electron chi connectivity index (χ3n) is 3.90. The fourth-order valence-electron chi connectivity index (χ4n) is 2.75. The Morgan fingerprint density at radius 2 is 1.81 bits per heavy atom. The summed E-state index contributed by atoms with van der Waals surface area (Å²) in [6.07, 6.45) is 0. The van der Waals surface area contributed by atoms with Gasteiger partial charge in [0.25, 0.3) is 5.91 Å². The summed E-state index contributed by atoms with van der Waals surface area (Å²) in [4.78, 5) is 14.8. The van der Waals surface area contributed by atoms with Crippen molar-refractivity contribution in [3.63, 3.8) is 0 Å². The molecule has 2 aromatic rings. The van der Waals surface area contributed by atoms with Crippen molar-refractivity contribution in [2.24, 2.45) is 0 Å². The molecule has 1 fully saturated rings. The van der Waals surface area contributed by atoms with Crippen LogP contribution in [0.4, 0.5) is 17.2 Å². The van der Waals surface area contributed by atoms with Crippen LogP contribution in [0.2, 0.25) is 0 Å². The van der Waals surface area contributed by atoms with Gasteiger partial charge in [-0.3, -0.25) is 4.79 Å². The molecule has 0 spiro atoms. The highest BCUT2D eigenvalue weighted by molar-refractivity contribution is 6.04. The molecule has 1 saturated heterocycles. The molecule has 138 valence electrons. The molecule has 1 aliphatic heterocycles. The van der Waals surface area contributed by atoms with Crippen LogP contribution in [0.1, 0.15) is 31.3 Å². The van der Waals surface area contributed by atoms with Crippen LogP contribution in [0.15, 0.2) is 36.4 Å². The van der Waals surface area contributed by atoms with Crippen LogP contribution >= 0.6 is 0 Å². The Labute approximate surface area is 153 Å². The standard InChI is InChI=1S/C19H25N5O2/c1-19(2,3)21-17-9-8-15(22-23-17)18(25)20-14-6-4-5-7-16(14)24-10-12-26-13-11-24/h4-9H,10-13H2,1-3H3,(H,20,25)(H,21,23). The molecule has 0 saturated carbocycles. The molecule has 0 unspecified atom stereocenters. The lowest BCUT2D eigenvalue weighted by molar-refractivity contribution is 0.102. The molecular formula is C19H25N5O2. The largest absolute Gasteiger partial charge is 0.378 e. The van der Waals surface area contributed by atoms with Crippen LogP contribution in [0.5, 0.6) is 0 Å². The van der Waals surface area contributed by atoms with Gasteiger partial charge in [0.1, 0.15) is 5.82 Å². The molecule has 3 rings (SSSR count). The van der Waals surface area contributed by atoms with Gasteiger partial charge < -0.3 is 20.3 Å². The summed E-state index contributed by atoms with van der Waals surface area (Å²) < 4.78 is 5.40. The molecule has 0 aliphatic carbocycles. The van der Waals surface area contributed by atoms with Gasteiger partial charge in [-0.1, -0.05) is 12.1 Å². The summed E-state index contributed by atoms with van der Waals surface area (Å²) >= 11 is 0. The minimum absolute atomic E-state index is 0.116.